The van der Waals surface area contributed by atoms with Crippen LogP contribution in [0.4, 0.5) is 0 Å². The summed E-state index contributed by atoms with van der Waals surface area (Å²) in [6.07, 6.45) is 0. The van der Waals surface area contributed by atoms with Gasteiger partial charge in [-0.1, -0.05) is 64.9 Å². The molecular formula is C24H23ClN2O3S3. The van der Waals surface area contributed by atoms with Crippen LogP contribution < -0.4 is 9.60 Å². The van der Waals surface area contributed by atoms with E-state index in [0.717, 1.165) is 22.7 Å². The van der Waals surface area contributed by atoms with Gasteiger partial charge in [0.05, 0.1) is 21.7 Å². The highest BCUT2D eigenvalue weighted by atomic mass is 35.5. The van der Waals surface area contributed by atoms with Crippen molar-refractivity contribution in [2.24, 2.45) is 0 Å². The average molecular weight is 519 g/mol. The molecule has 0 aliphatic carbocycles. The van der Waals surface area contributed by atoms with Gasteiger partial charge in [0.25, 0.3) is 0 Å². The Morgan fingerprint density at radius 1 is 1.03 bits per heavy atom. The standard InChI is InChI=1S/C24H23ClN2O3S3/c1-17-3-2-4-19(13-17)16-31-12-11-26-33(29,30)21-9-10-22-23(14-21)32-24(28)27(22)15-18-5-7-20(25)8-6-18/h2-10,13-14,26H,11-12,15-16H2,1H3. The number of hydrogen-bond acceptors (Lipinski definition) is 5. The molecule has 33 heavy (non-hydrogen) atoms. The highest BCUT2D eigenvalue weighted by Crippen LogP contribution is 2.23. The third-order valence-corrected chi connectivity index (χ3v) is 8.78. The molecule has 0 amide bonds. The Hall–Kier alpha value is -2.10. The summed E-state index contributed by atoms with van der Waals surface area (Å²) in [5.74, 6) is 1.50. The molecule has 0 radical (unpaired) electrons. The molecule has 0 bridgehead atoms. The topological polar surface area (TPSA) is 68.2 Å². The van der Waals surface area contributed by atoms with E-state index in [4.69, 9.17) is 11.6 Å². The van der Waals surface area contributed by atoms with E-state index in [1.54, 1.807) is 46.7 Å². The molecule has 9 heteroatoms. The van der Waals surface area contributed by atoms with E-state index in [2.05, 4.69) is 29.8 Å². The summed E-state index contributed by atoms with van der Waals surface area (Å²) in [5, 5.41) is 0.636. The molecule has 0 aliphatic heterocycles. The van der Waals surface area contributed by atoms with E-state index >= 15 is 0 Å². The molecule has 3 aromatic carbocycles. The highest BCUT2D eigenvalue weighted by molar-refractivity contribution is 7.98. The minimum atomic E-state index is -3.65. The average Bonchev–Trinajstić information content (AvgIpc) is 3.09. The van der Waals surface area contributed by atoms with Crippen LogP contribution in [0.3, 0.4) is 0 Å². The number of thioether (sulfide) groups is 1. The van der Waals surface area contributed by atoms with Crippen molar-refractivity contribution in [3.8, 4) is 0 Å². The van der Waals surface area contributed by atoms with Crippen LogP contribution in [0.25, 0.3) is 10.2 Å². The number of nitrogens with zero attached hydrogens (tertiary/aromatic N) is 1. The van der Waals surface area contributed by atoms with Gasteiger partial charge in [-0.2, -0.15) is 11.8 Å². The summed E-state index contributed by atoms with van der Waals surface area (Å²) in [4.78, 5) is 12.6. The van der Waals surface area contributed by atoms with Crippen molar-refractivity contribution >= 4 is 54.9 Å². The van der Waals surface area contributed by atoms with E-state index in [1.807, 2.05) is 18.2 Å². The fourth-order valence-corrected chi connectivity index (χ4v) is 6.58. The van der Waals surface area contributed by atoms with Crippen LogP contribution >= 0.6 is 34.7 Å². The maximum Gasteiger partial charge on any atom is 0.308 e. The summed E-state index contributed by atoms with van der Waals surface area (Å²) in [5.41, 5.74) is 4.11. The minimum Gasteiger partial charge on any atom is -0.294 e. The number of aryl methyl sites for hydroxylation is 1. The van der Waals surface area contributed by atoms with Gasteiger partial charge >= 0.3 is 4.87 Å². The van der Waals surface area contributed by atoms with Crippen LogP contribution in [-0.4, -0.2) is 25.3 Å². The summed E-state index contributed by atoms with van der Waals surface area (Å²) in [7, 11) is -3.65. The van der Waals surface area contributed by atoms with Gasteiger partial charge in [0.15, 0.2) is 0 Å². The van der Waals surface area contributed by atoms with Crippen LogP contribution in [0.5, 0.6) is 0 Å². The van der Waals surface area contributed by atoms with Gasteiger partial charge in [0, 0.05) is 23.1 Å². The Bertz CT molecular complexity index is 1430. The number of nitrogens with one attached hydrogen (secondary N) is 1. The number of sulfonamides is 1. The monoisotopic (exact) mass is 518 g/mol. The molecule has 0 saturated heterocycles. The quantitative estimate of drug-likeness (QED) is 0.306. The number of thiazole rings is 1. The predicted molar refractivity (Wildman–Crippen MR) is 139 cm³/mol. The van der Waals surface area contributed by atoms with E-state index in [0.29, 0.717) is 34.1 Å². The van der Waals surface area contributed by atoms with Gasteiger partial charge in [-0.15, -0.1) is 0 Å². The molecule has 0 fully saturated rings. The Morgan fingerprint density at radius 2 is 1.82 bits per heavy atom. The second-order valence-electron chi connectivity index (χ2n) is 7.65. The molecule has 1 aromatic heterocycles. The number of hydrogen-bond donors (Lipinski definition) is 1. The largest absolute Gasteiger partial charge is 0.308 e. The maximum atomic E-state index is 12.8. The van der Waals surface area contributed by atoms with Crippen molar-refractivity contribution in [3.63, 3.8) is 0 Å². The molecule has 4 aromatic rings. The summed E-state index contributed by atoms with van der Waals surface area (Å²) < 4.78 is 30.5. The maximum absolute atomic E-state index is 12.8. The number of benzene rings is 3. The van der Waals surface area contributed by atoms with Crippen LogP contribution in [0, 0.1) is 6.92 Å². The van der Waals surface area contributed by atoms with Crippen LogP contribution in [0.2, 0.25) is 5.02 Å². The number of aromatic nitrogens is 1. The predicted octanol–water partition coefficient (Wildman–Crippen LogP) is 5.28. The first-order chi connectivity index (χ1) is 15.8. The van der Waals surface area contributed by atoms with Crippen molar-refractivity contribution in [1.29, 1.82) is 0 Å². The minimum absolute atomic E-state index is 0.130. The zero-order valence-electron chi connectivity index (χ0n) is 18.0. The van der Waals surface area contributed by atoms with Crippen molar-refractivity contribution in [3.05, 3.63) is 98.1 Å². The Morgan fingerprint density at radius 3 is 2.58 bits per heavy atom. The molecular weight excluding hydrogens is 496 g/mol. The van der Waals surface area contributed by atoms with E-state index in [9.17, 15) is 13.2 Å². The van der Waals surface area contributed by atoms with Crippen molar-refractivity contribution in [2.75, 3.05) is 12.3 Å². The van der Waals surface area contributed by atoms with E-state index in [1.165, 1.54) is 11.1 Å². The lowest BCUT2D eigenvalue weighted by atomic mass is 10.2. The first kappa shape index (κ1) is 24.0. The molecule has 0 saturated carbocycles. The normalized spacial score (nSPS) is 11.8. The summed E-state index contributed by atoms with van der Waals surface area (Å²) >= 11 is 8.67. The smallest absolute Gasteiger partial charge is 0.294 e. The zero-order valence-corrected chi connectivity index (χ0v) is 21.2. The van der Waals surface area contributed by atoms with Gasteiger partial charge < -0.3 is 0 Å². The van der Waals surface area contributed by atoms with Gasteiger partial charge in [-0.25, -0.2) is 13.1 Å². The van der Waals surface area contributed by atoms with Crippen molar-refractivity contribution in [2.45, 2.75) is 24.1 Å². The molecule has 172 valence electrons. The van der Waals surface area contributed by atoms with Gasteiger partial charge in [0.2, 0.25) is 10.0 Å². The van der Waals surface area contributed by atoms with Gasteiger partial charge in [0.1, 0.15) is 0 Å². The third-order valence-electron chi connectivity index (χ3n) is 5.09. The number of halogens is 1. The second kappa shape index (κ2) is 10.4. The van der Waals surface area contributed by atoms with E-state index < -0.39 is 10.0 Å². The fourth-order valence-electron chi connectivity index (χ4n) is 3.46. The van der Waals surface area contributed by atoms with Crippen LogP contribution in [0.1, 0.15) is 16.7 Å². The molecule has 1 N–H and O–H groups in total. The lowest BCUT2D eigenvalue weighted by Gasteiger charge is -2.08. The fraction of sp³-hybridized carbons (Fsp3) is 0.208. The summed E-state index contributed by atoms with van der Waals surface area (Å²) in [6, 6.07) is 20.4. The van der Waals surface area contributed by atoms with Gasteiger partial charge in [-0.3, -0.25) is 9.36 Å². The first-order valence-electron chi connectivity index (χ1n) is 10.3. The zero-order chi connectivity index (χ0) is 23.4. The highest BCUT2D eigenvalue weighted by Gasteiger charge is 2.16. The lowest BCUT2D eigenvalue weighted by Crippen LogP contribution is -2.26. The van der Waals surface area contributed by atoms with Crippen LogP contribution in [0.15, 0.2) is 76.4 Å². The third kappa shape index (κ3) is 6.07. The SMILES string of the molecule is Cc1cccc(CSCCNS(=O)(=O)c2ccc3c(c2)sc(=O)n3Cc2ccc(Cl)cc2)c1. The van der Waals surface area contributed by atoms with Crippen molar-refractivity contribution < 1.29 is 8.42 Å². The molecule has 0 aliphatic rings. The van der Waals surface area contributed by atoms with Gasteiger partial charge in [-0.05, 0) is 48.4 Å². The molecule has 1 heterocycles. The number of rotatable bonds is 9. The molecule has 0 unspecified atom stereocenters. The van der Waals surface area contributed by atoms with Crippen molar-refractivity contribution in [1.82, 2.24) is 9.29 Å². The lowest BCUT2D eigenvalue weighted by molar-refractivity contribution is 0.584. The first-order valence-corrected chi connectivity index (χ1v) is 14.2. The second-order valence-corrected chi connectivity index (χ2v) is 12.0. The molecule has 5 nitrogen and oxygen atoms in total. The van der Waals surface area contributed by atoms with E-state index in [-0.39, 0.29) is 9.77 Å². The Kier molecular flexibility index (Phi) is 7.61. The summed E-state index contributed by atoms with van der Waals surface area (Å²) in [6.45, 7) is 2.80. The molecule has 0 spiro atoms. The molecule has 0 atom stereocenters. The molecule has 4 rings (SSSR count). The number of fused-ring (bicyclic) bond motifs is 1. The Labute approximate surface area is 206 Å². The Balaban J connectivity index is 1.40. The van der Waals surface area contributed by atoms with Crippen LogP contribution in [-0.2, 0) is 22.3 Å².